The number of rotatable bonds is 5. The van der Waals surface area contributed by atoms with Crippen molar-refractivity contribution < 1.29 is 5.11 Å². The Morgan fingerprint density at radius 2 is 2.17 bits per heavy atom. The minimum Gasteiger partial charge on any atom is -0.396 e. The van der Waals surface area contributed by atoms with Crippen LogP contribution in [-0.4, -0.2) is 22.7 Å². The molecule has 1 aliphatic rings. The standard InChI is InChI=1S/C15H24N2O/c1-12-11-14(7-9-16-12)17-15(8-10-18)13-5-3-2-4-6-13/h7,9,11,13,15,18H,2-6,8,10H2,1H3,(H,16,17). The van der Waals surface area contributed by atoms with E-state index in [2.05, 4.69) is 16.4 Å². The fourth-order valence-corrected chi connectivity index (χ4v) is 2.95. The molecular weight excluding hydrogens is 224 g/mol. The van der Waals surface area contributed by atoms with Crippen LogP contribution in [0.4, 0.5) is 5.69 Å². The number of aliphatic hydroxyl groups is 1. The first-order chi connectivity index (χ1) is 8.79. The van der Waals surface area contributed by atoms with Gasteiger partial charge in [0.15, 0.2) is 0 Å². The van der Waals surface area contributed by atoms with E-state index in [1.807, 2.05) is 19.2 Å². The van der Waals surface area contributed by atoms with E-state index < -0.39 is 0 Å². The molecule has 0 saturated heterocycles. The van der Waals surface area contributed by atoms with Gasteiger partial charge in [0.05, 0.1) is 0 Å². The lowest BCUT2D eigenvalue weighted by Crippen LogP contribution is -2.31. The second kappa shape index (κ2) is 6.74. The molecule has 1 atom stereocenters. The molecule has 0 spiro atoms. The van der Waals surface area contributed by atoms with Crippen LogP contribution in [0, 0.1) is 12.8 Å². The van der Waals surface area contributed by atoms with E-state index in [0.29, 0.717) is 12.0 Å². The summed E-state index contributed by atoms with van der Waals surface area (Å²) in [6, 6.07) is 4.49. The Morgan fingerprint density at radius 1 is 1.39 bits per heavy atom. The van der Waals surface area contributed by atoms with E-state index >= 15 is 0 Å². The zero-order chi connectivity index (χ0) is 12.8. The number of aryl methyl sites for hydroxylation is 1. The molecule has 0 aliphatic heterocycles. The molecule has 0 aromatic carbocycles. The Hall–Kier alpha value is -1.09. The third-order valence-electron chi connectivity index (χ3n) is 3.91. The molecule has 2 rings (SSSR count). The Morgan fingerprint density at radius 3 is 2.83 bits per heavy atom. The number of hydrogen-bond donors (Lipinski definition) is 2. The lowest BCUT2D eigenvalue weighted by atomic mass is 9.82. The van der Waals surface area contributed by atoms with Crippen molar-refractivity contribution in [2.24, 2.45) is 5.92 Å². The first-order valence-corrected chi connectivity index (χ1v) is 7.09. The average molecular weight is 248 g/mol. The highest BCUT2D eigenvalue weighted by Crippen LogP contribution is 2.29. The summed E-state index contributed by atoms with van der Waals surface area (Å²) in [6.45, 7) is 2.27. The van der Waals surface area contributed by atoms with Crippen LogP contribution in [0.1, 0.15) is 44.2 Å². The van der Waals surface area contributed by atoms with Crippen molar-refractivity contribution in [3.05, 3.63) is 24.0 Å². The minimum atomic E-state index is 0.262. The van der Waals surface area contributed by atoms with E-state index in [0.717, 1.165) is 17.8 Å². The van der Waals surface area contributed by atoms with Gasteiger partial charge in [0.1, 0.15) is 0 Å². The second-order valence-corrected chi connectivity index (χ2v) is 5.35. The molecule has 1 aliphatic carbocycles. The van der Waals surface area contributed by atoms with Gasteiger partial charge in [-0.3, -0.25) is 4.98 Å². The summed E-state index contributed by atoms with van der Waals surface area (Å²) in [5, 5.41) is 12.8. The third-order valence-corrected chi connectivity index (χ3v) is 3.91. The van der Waals surface area contributed by atoms with Crippen LogP contribution in [0.25, 0.3) is 0 Å². The molecular formula is C15H24N2O. The first kappa shape index (κ1) is 13.3. The Bertz CT molecular complexity index is 361. The van der Waals surface area contributed by atoms with E-state index in [9.17, 15) is 5.11 Å². The van der Waals surface area contributed by atoms with E-state index in [1.165, 1.54) is 32.1 Å². The molecule has 18 heavy (non-hydrogen) atoms. The maximum atomic E-state index is 9.25. The Kier molecular flexibility index (Phi) is 5.00. The van der Waals surface area contributed by atoms with Crippen molar-refractivity contribution in [1.82, 2.24) is 4.98 Å². The summed E-state index contributed by atoms with van der Waals surface area (Å²) in [5.41, 5.74) is 2.16. The van der Waals surface area contributed by atoms with Crippen LogP contribution in [0.2, 0.25) is 0 Å². The molecule has 1 aromatic rings. The van der Waals surface area contributed by atoms with Gasteiger partial charge in [-0.15, -0.1) is 0 Å². The van der Waals surface area contributed by atoms with Crippen LogP contribution >= 0.6 is 0 Å². The van der Waals surface area contributed by atoms with Crippen LogP contribution in [0.5, 0.6) is 0 Å². The van der Waals surface area contributed by atoms with Gasteiger partial charge in [-0.25, -0.2) is 0 Å². The zero-order valence-corrected chi connectivity index (χ0v) is 11.2. The summed E-state index contributed by atoms with van der Waals surface area (Å²) >= 11 is 0. The van der Waals surface area contributed by atoms with Crippen molar-refractivity contribution in [3.63, 3.8) is 0 Å². The lowest BCUT2D eigenvalue weighted by Gasteiger charge is -2.31. The Labute approximate surface area is 110 Å². The number of pyridine rings is 1. The molecule has 1 fully saturated rings. The van der Waals surface area contributed by atoms with Crippen LogP contribution in [-0.2, 0) is 0 Å². The van der Waals surface area contributed by atoms with Crippen LogP contribution < -0.4 is 5.32 Å². The van der Waals surface area contributed by atoms with Crippen molar-refractivity contribution >= 4 is 5.69 Å². The topological polar surface area (TPSA) is 45.1 Å². The molecule has 0 bridgehead atoms. The number of aliphatic hydroxyl groups excluding tert-OH is 1. The molecule has 3 nitrogen and oxygen atoms in total. The summed E-state index contributed by atoms with van der Waals surface area (Å²) in [7, 11) is 0. The van der Waals surface area contributed by atoms with Gasteiger partial charge in [0, 0.05) is 30.2 Å². The molecule has 100 valence electrons. The SMILES string of the molecule is Cc1cc(NC(CCO)C2CCCCC2)ccn1. The van der Waals surface area contributed by atoms with Gasteiger partial charge >= 0.3 is 0 Å². The average Bonchev–Trinajstić information content (AvgIpc) is 2.39. The van der Waals surface area contributed by atoms with E-state index in [1.54, 1.807) is 0 Å². The lowest BCUT2D eigenvalue weighted by molar-refractivity contribution is 0.239. The minimum absolute atomic E-state index is 0.262. The fraction of sp³-hybridized carbons (Fsp3) is 0.667. The maximum Gasteiger partial charge on any atom is 0.0450 e. The molecule has 1 saturated carbocycles. The van der Waals surface area contributed by atoms with Gasteiger partial charge in [-0.05, 0) is 44.2 Å². The van der Waals surface area contributed by atoms with Gasteiger partial charge in [0.25, 0.3) is 0 Å². The first-order valence-electron chi connectivity index (χ1n) is 7.09. The van der Waals surface area contributed by atoms with Crippen molar-refractivity contribution in [2.75, 3.05) is 11.9 Å². The highest BCUT2D eigenvalue weighted by atomic mass is 16.3. The largest absolute Gasteiger partial charge is 0.396 e. The van der Waals surface area contributed by atoms with Gasteiger partial charge in [0.2, 0.25) is 0 Å². The van der Waals surface area contributed by atoms with Gasteiger partial charge in [-0.2, -0.15) is 0 Å². The molecule has 0 radical (unpaired) electrons. The monoisotopic (exact) mass is 248 g/mol. The number of anilines is 1. The number of nitrogens with one attached hydrogen (secondary N) is 1. The third kappa shape index (κ3) is 3.70. The molecule has 1 heterocycles. The number of hydrogen-bond acceptors (Lipinski definition) is 3. The number of nitrogens with zero attached hydrogens (tertiary/aromatic N) is 1. The van der Waals surface area contributed by atoms with Crippen LogP contribution in [0.15, 0.2) is 18.3 Å². The zero-order valence-electron chi connectivity index (χ0n) is 11.2. The highest BCUT2D eigenvalue weighted by Gasteiger charge is 2.23. The smallest absolute Gasteiger partial charge is 0.0450 e. The van der Waals surface area contributed by atoms with Crippen LogP contribution in [0.3, 0.4) is 0 Å². The normalized spacial score (nSPS) is 18.6. The van der Waals surface area contributed by atoms with E-state index in [-0.39, 0.29) is 6.61 Å². The number of aromatic nitrogens is 1. The van der Waals surface area contributed by atoms with E-state index in [4.69, 9.17) is 0 Å². The predicted octanol–water partition coefficient (Wildman–Crippen LogP) is 3.13. The van der Waals surface area contributed by atoms with Gasteiger partial charge < -0.3 is 10.4 Å². The summed E-state index contributed by atoms with van der Waals surface area (Å²) in [5.74, 6) is 0.708. The summed E-state index contributed by atoms with van der Waals surface area (Å²) in [4.78, 5) is 4.22. The molecule has 0 amide bonds. The molecule has 3 heteroatoms. The van der Waals surface area contributed by atoms with Crippen molar-refractivity contribution in [2.45, 2.75) is 51.5 Å². The predicted molar refractivity (Wildman–Crippen MR) is 74.7 cm³/mol. The van der Waals surface area contributed by atoms with Crippen molar-refractivity contribution in [3.8, 4) is 0 Å². The summed E-state index contributed by atoms with van der Waals surface area (Å²) < 4.78 is 0. The fourth-order valence-electron chi connectivity index (χ4n) is 2.95. The van der Waals surface area contributed by atoms with Gasteiger partial charge in [-0.1, -0.05) is 19.3 Å². The Balaban J connectivity index is 2.00. The molecule has 1 aromatic heterocycles. The van der Waals surface area contributed by atoms with Crippen molar-refractivity contribution in [1.29, 1.82) is 0 Å². The highest BCUT2D eigenvalue weighted by molar-refractivity contribution is 5.44. The summed E-state index contributed by atoms with van der Waals surface area (Å²) in [6.07, 6.45) is 9.31. The maximum absolute atomic E-state index is 9.25. The molecule has 2 N–H and O–H groups in total. The second-order valence-electron chi connectivity index (χ2n) is 5.35. The molecule has 1 unspecified atom stereocenters. The quantitative estimate of drug-likeness (QED) is 0.841.